The summed E-state index contributed by atoms with van der Waals surface area (Å²) in [6.07, 6.45) is 2.58. The fourth-order valence-corrected chi connectivity index (χ4v) is 1.98. The second kappa shape index (κ2) is 6.32. The van der Waals surface area contributed by atoms with Crippen LogP contribution in [0.15, 0.2) is 24.5 Å². The summed E-state index contributed by atoms with van der Waals surface area (Å²) in [7, 11) is 0. The Labute approximate surface area is 116 Å². The zero-order valence-corrected chi connectivity index (χ0v) is 11.4. The largest absolute Gasteiger partial charge is 0.313 e. The van der Waals surface area contributed by atoms with Gasteiger partial charge in [0.1, 0.15) is 12.4 Å². The zero-order chi connectivity index (χ0) is 13.7. The van der Waals surface area contributed by atoms with E-state index in [1.165, 1.54) is 11.0 Å². The molecule has 0 spiro atoms. The van der Waals surface area contributed by atoms with Gasteiger partial charge in [0.2, 0.25) is 0 Å². The molecule has 0 fully saturated rings. The van der Waals surface area contributed by atoms with Gasteiger partial charge in [0, 0.05) is 6.54 Å². The number of nitriles is 1. The van der Waals surface area contributed by atoms with Crippen LogP contribution in [0.4, 0.5) is 0 Å². The fourth-order valence-electron chi connectivity index (χ4n) is 1.69. The van der Waals surface area contributed by atoms with Crippen molar-refractivity contribution in [1.82, 2.24) is 20.1 Å². The summed E-state index contributed by atoms with van der Waals surface area (Å²) < 4.78 is 1.50. The van der Waals surface area contributed by atoms with E-state index >= 15 is 0 Å². The average molecular weight is 276 g/mol. The Morgan fingerprint density at radius 3 is 2.95 bits per heavy atom. The highest BCUT2D eigenvalue weighted by atomic mass is 35.5. The Morgan fingerprint density at radius 1 is 1.47 bits per heavy atom. The van der Waals surface area contributed by atoms with E-state index in [2.05, 4.69) is 22.3 Å². The van der Waals surface area contributed by atoms with Gasteiger partial charge in [-0.25, -0.2) is 9.67 Å². The molecular formula is C13H14ClN5. The van der Waals surface area contributed by atoms with E-state index in [1.807, 2.05) is 24.3 Å². The Hall–Kier alpha value is -1.90. The number of nitrogens with zero attached hydrogens (tertiary/aromatic N) is 4. The van der Waals surface area contributed by atoms with Crippen LogP contribution < -0.4 is 5.32 Å². The van der Waals surface area contributed by atoms with Gasteiger partial charge in [0.15, 0.2) is 0 Å². The van der Waals surface area contributed by atoms with Crippen molar-refractivity contribution in [2.24, 2.45) is 0 Å². The highest BCUT2D eigenvalue weighted by Gasteiger charge is 2.07. The minimum Gasteiger partial charge on any atom is -0.313 e. The molecule has 0 amide bonds. The lowest BCUT2D eigenvalue weighted by Crippen LogP contribution is -2.13. The van der Waals surface area contributed by atoms with Crippen LogP contribution in [0.1, 0.15) is 24.7 Å². The molecule has 0 aliphatic rings. The van der Waals surface area contributed by atoms with Gasteiger partial charge in [-0.05, 0) is 30.7 Å². The van der Waals surface area contributed by atoms with Crippen LogP contribution in [0.5, 0.6) is 0 Å². The summed E-state index contributed by atoms with van der Waals surface area (Å²) >= 11 is 6.23. The van der Waals surface area contributed by atoms with Gasteiger partial charge in [0.05, 0.1) is 10.7 Å². The van der Waals surface area contributed by atoms with Crippen LogP contribution in [0, 0.1) is 11.3 Å². The SMILES string of the molecule is CCCNCc1ccc(-n2cnc(C#N)n2)c(Cl)c1. The zero-order valence-electron chi connectivity index (χ0n) is 10.6. The van der Waals surface area contributed by atoms with E-state index < -0.39 is 0 Å². The molecule has 98 valence electrons. The highest BCUT2D eigenvalue weighted by Crippen LogP contribution is 2.21. The predicted molar refractivity (Wildman–Crippen MR) is 73.1 cm³/mol. The molecule has 0 atom stereocenters. The smallest absolute Gasteiger partial charge is 0.252 e. The normalized spacial score (nSPS) is 10.4. The summed E-state index contributed by atoms with van der Waals surface area (Å²) in [4.78, 5) is 3.86. The summed E-state index contributed by atoms with van der Waals surface area (Å²) in [5, 5.41) is 16.6. The van der Waals surface area contributed by atoms with E-state index in [9.17, 15) is 0 Å². The van der Waals surface area contributed by atoms with E-state index in [-0.39, 0.29) is 5.82 Å². The van der Waals surface area contributed by atoms with Gasteiger partial charge in [-0.3, -0.25) is 0 Å². The van der Waals surface area contributed by atoms with E-state index in [4.69, 9.17) is 16.9 Å². The second-order valence-corrected chi connectivity index (χ2v) is 4.49. The molecule has 1 heterocycles. The Kier molecular flexibility index (Phi) is 4.50. The van der Waals surface area contributed by atoms with Crippen LogP contribution in [-0.4, -0.2) is 21.3 Å². The van der Waals surface area contributed by atoms with Gasteiger partial charge in [-0.1, -0.05) is 24.6 Å². The van der Waals surface area contributed by atoms with Crippen LogP contribution in [0.2, 0.25) is 5.02 Å². The number of benzene rings is 1. The summed E-state index contributed by atoms with van der Waals surface area (Å²) in [6.45, 7) is 3.89. The Bertz CT molecular complexity index is 599. The third kappa shape index (κ3) is 3.31. The van der Waals surface area contributed by atoms with Gasteiger partial charge in [-0.2, -0.15) is 5.26 Å². The maximum atomic E-state index is 8.70. The molecule has 6 heteroatoms. The molecule has 2 rings (SSSR count). The number of hydrogen-bond acceptors (Lipinski definition) is 4. The molecule has 0 saturated heterocycles. The quantitative estimate of drug-likeness (QED) is 0.850. The minimum atomic E-state index is 0.129. The molecule has 0 unspecified atom stereocenters. The van der Waals surface area contributed by atoms with Crippen molar-refractivity contribution < 1.29 is 0 Å². The standard InChI is InChI=1S/C13H14ClN5/c1-2-5-16-8-10-3-4-12(11(14)6-10)19-9-17-13(7-15)18-19/h3-4,6,9,16H,2,5,8H2,1H3. The van der Waals surface area contributed by atoms with E-state index in [1.54, 1.807) is 0 Å². The Morgan fingerprint density at radius 2 is 2.32 bits per heavy atom. The third-order valence-electron chi connectivity index (χ3n) is 2.61. The molecule has 1 aromatic heterocycles. The summed E-state index contributed by atoms with van der Waals surface area (Å²) in [6, 6.07) is 7.64. The first-order chi connectivity index (χ1) is 9.24. The number of aromatic nitrogens is 3. The van der Waals surface area contributed by atoms with E-state index in [0.717, 1.165) is 30.8 Å². The van der Waals surface area contributed by atoms with Crippen molar-refractivity contribution in [3.05, 3.63) is 40.9 Å². The van der Waals surface area contributed by atoms with Crippen molar-refractivity contribution in [3.63, 3.8) is 0 Å². The molecule has 0 aliphatic heterocycles. The van der Waals surface area contributed by atoms with Crippen LogP contribution >= 0.6 is 11.6 Å². The molecule has 19 heavy (non-hydrogen) atoms. The third-order valence-corrected chi connectivity index (χ3v) is 2.91. The van der Waals surface area contributed by atoms with Gasteiger partial charge >= 0.3 is 0 Å². The number of halogens is 1. The van der Waals surface area contributed by atoms with Crippen molar-refractivity contribution in [2.45, 2.75) is 19.9 Å². The first-order valence-corrected chi connectivity index (χ1v) is 6.43. The molecule has 0 saturated carbocycles. The van der Waals surface area contributed by atoms with Crippen molar-refractivity contribution in [2.75, 3.05) is 6.54 Å². The van der Waals surface area contributed by atoms with Gasteiger partial charge < -0.3 is 5.32 Å². The van der Waals surface area contributed by atoms with E-state index in [0.29, 0.717) is 5.02 Å². The van der Waals surface area contributed by atoms with Gasteiger partial charge in [-0.15, -0.1) is 5.10 Å². The minimum absolute atomic E-state index is 0.129. The molecule has 0 aliphatic carbocycles. The van der Waals surface area contributed by atoms with Crippen LogP contribution in [0.25, 0.3) is 5.69 Å². The number of nitrogens with one attached hydrogen (secondary N) is 1. The molecule has 1 aromatic carbocycles. The summed E-state index contributed by atoms with van der Waals surface area (Å²) in [5.74, 6) is 0.129. The summed E-state index contributed by atoms with van der Waals surface area (Å²) in [5.41, 5.74) is 1.83. The Balaban J connectivity index is 2.17. The molecule has 2 aromatic rings. The molecule has 5 nitrogen and oxygen atoms in total. The average Bonchev–Trinajstić information content (AvgIpc) is 2.88. The number of hydrogen-bond donors (Lipinski definition) is 1. The lowest BCUT2D eigenvalue weighted by Gasteiger charge is -2.07. The molecule has 0 bridgehead atoms. The number of rotatable bonds is 5. The van der Waals surface area contributed by atoms with Crippen molar-refractivity contribution >= 4 is 11.6 Å². The van der Waals surface area contributed by atoms with Crippen LogP contribution in [0.3, 0.4) is 0 Å². The van der Waals surface area contributed by atoms with Gasteiger partial charge in [0.25, 0.3) is 5.82 Å². The molecular weight excluding hydrogens is 262 g/mol. The maximum Gasteiger partial charge on any atom is 0.252 e. The first-order valence-electron chi connectivity index (χ1n) is 6.06. The predicted octanol–water partition coefficient (Wildman–Crippen LogP) is 2.29. The first kappa shape index (κ1) is 13.5. The second-order valence-electron chi connectivity index (χ2n) is 4.09. The van der Waals surface area contributed by atoms with Crippen molar-refractivity contribution in [1.29, 1.82) is 5.26 Å². The molecule has 0 radical (unpaired) electrons. The maximum absolute atomic E-state index is 8.70. The van der Waals surface area contributed by atoms with Crippen LogP contribution in [-0.2, 0) is 6.54 Å². The topological polar surface area (TPSA) is 66.5 Å². The van der Waals surface area contributed by atoms with Crippen molar-refractivity contribution in [3.8, 4) is 11.8 Å². The fraction of sp³-hybridized carbons (Fsp3) is 0.308. The lowest BCUT2D eigenvalue weighted by atomic mass is 10.2. The molecule has 1 N–H and O–H groups in total. The monoisotopic (exact) mass is 275 g/mol. The lowest BCUT2D eigenvalue weighted by molar-refractivity contribution is 0.675. The highest BCUT2D eigenvalue weighted by molar-refractivity contribution is 6.32.